The Kier molecular flexibility index (Phi) is 6.69. The van der Waals surface area contributed by atoms with Crippen LogP contribution in [0.1, 0.15) is 38.5 Å². The van der Waals surface area contributed by atoms with Crippen molar-refractivity contribution in [2.24, 2.45) is 11.8 Å². The molecule has 1 heterocycles. The molecule has 4 aliphatic rings. The Bertz CT molecular complexity index is 833. The average molecular weight is 454 g/mol. The zero-order valence-electron chi connectivity index (χ0n) is 17.6. The molecule has 4 fully saturated rings. The van der Waals surface area contributed by atoms with Gasteiger partial charge in [0, 0.05) is 37.2 Å². The summed E-state index contributed by atoms with van der Waals surface area (Å²) in [4.78, 5) is 25.1. The number of benzene rings is 1. The van der Waals surface area contributed by atoms with Crippen LogP contribution in [0, 0.1) is 17.7 Å². The van der Waals surface area contributed by atoms with E-state index in [9.17, 15) is 14.0 Å². The quantitative estimate of drug-likeness (QED) is 0.562. The maximum atomic E-state index is 13.5. The van der Waals surface area contributed by atoms with E-state index in [4.69, 9.17) is 21.1 Å². The molecule has 1 aromatic rings. The van der Waals surface area contributed by atoms with Gasteiger partial charge in [0.2, 0.25) is 5.91 Å². The second-order valence-corrected chi connectivity index (χ2v) is 9.34. The number of piperidine rings is 1. The van der Waals surface area contributed by atoms with Gasteiger partial charge in [0.1, 0.15) is 17.8 Å². The van der Waals surface area contributed by atoms with Crippen LogP contribution in [-0.2, 0) is 14.3 Å². The van der Waals surface area contributed by atoms with Crippen molar-refractivity contribution in [3.05, 3.63) is 29.0 Å². The van der Waals surface area contributed by atoms with Crippen molar-refractivity contribution < 1.29 is 23.5 Å². The summed E-state index contributed by atoms with van der Waals surface area (Å²) in [5.41, 5.74) is -0.331. The lowest BCUT2D eigenvalue weighted by Crippen LogP contribution is -2.53. The number of carbonyl (C=O) groups is 2. The molecule has 0 spiro atoms. The normalized spacial score (nSPS) is 31.6. The summed E-state index contributed by atoms with van der Waals surface area (Å²) in [6.45, 7) is 0.380. The SMILES string of the molecule is COC1CCCC(CNC(=O)[C@@H]2CC3(NC(=O)COc4ccc(Cl)c(F)c4)CC2C3)N1. The highest BCUT2D eigenvalue weighted by Crippen LogP contribution is 2.55. The minimum atomic E-state index is -0.592. The standard InChI is InChI=1S/C22H29ClFN3O4/c1-30-20-4-2-3-14(26-20)11-25-21(29)16-10-22(8-13(16)9-22)27-19(28)12-31-15-5-6-17(23)18(24)7-15/h5-7,13-14,16,20,26H,2-4,8-12H2,1H3,(H,25,29)(H,27,28)/t13?,14?,16-,20?,22?/m1/s1. The van der Waals surface area contributed by atoms with Crippen LogP contribution < -0.4 is 20.7 Å². The number of nitrogens with one attached hydrogen (secondary N) is 3. The van der Waals surface area contributed by atoms with E-state index < -0.39 is 5.82 Å². The molecule has 31 heavy (non-hydrogen) atoms. The fourth-order valence-corrected chi connectivity index (χ4v) is 5.29. The predicted octanol–water partition coefficient (Wildman–Crippen LogP) is 2.37. The zero-order valence-corrected chi connectivity index (χ0v) is 18.3. The summed E-state index contributed by atoms with van der Waals surface area (Å²) in [5.74, 6) is -0.326. The molecule has 3 atom stereocenters. The lowest BCUT2D eigenvalue weighted by molar-refractivity contribution is -0.126. The number of rotatable bonds is 8. The Morgan fingerprint density at radius 2 is 2.10 bits per heavy atom. The van der Waals surface area contributed by atoms with E-state index in [1.54, 1.807) is 7.11 Å². The summed E-state index contributed by atoms with van der Waals surface area (Å²) >= 11 is 5.65. The number of halogens is 2. The molecule has 170 valence electrons. The first-order valence-electron chi connectivity index (χ1n) is 10.8. The number of amides is 2. The van der Waals surface area contributed by atoms with E-state index in [1.165, 1.54) is 12.1 Å². The molecule has 2 amide bonds. The Morgan fingerprint density at radius 1 is 1.29 bits per heavy atom. The van der Waals surface area contributed by atoms with Crippen LogP contribution in [0.15, 0.2) is 18.2 Å². The van der Waals surface area contributed by atoms with Crippen LogP contribution in [0.25, 0.3) is 0 Å². The van der Waals surface area contributed by atoms with Gasteiger partial charge in [0.05, 0.1) is 5.02 Å². The second kappa shape index (κ2) is 9.30. The molecular weight excluding hydrogens is 425 g/mol. The second-order valence-electron chi connectivity index (χ2n) is 8.94. The molecule has 5 rings (SSSR count). The number of hydrogen-bond acceptors (Lipinski definition) is 5. The van der Waals surface area contributed by atoms with Crippen LogP contribution in [-0.4, -0.2) is 49.9 Å². The third kappa shape index (κ3) is 5.13. The monoisotopic (exact) mass is 453 g/mol. The van der Waals surface area contributed by atoms with Gasteiger partial charge in [-0.05, 0) is 56.6 Å². The van der Waals surface area contributed by atoms with Gasteiger partial charge in [-0.2, -0.15) is 0 Å². The number of hydrogen-bond donors (Lipinski definition) is 3. The molecule has 7 nitrogen and oxygen atoms in total. The average Bonchev–Trinajstić information content (AvgIpc) is 3.28. The first kappa shape index (κ1) is 22.3. The van der Waals surface area contributed by atoms with Crippen molar-refractivity contribution in [3.63, 3.8) is 0 Å². The molecule has 2 bridgehead atoms. The summed E-state index contributed by atoms with van der Waals surface area (Å²) in [6, 6.07) is 4.28. The van der Waals surface area contributed by atoms with E-state index >= 15 is 0 Å². The van der Waals surface area contributed by atoms with Crippen molar-refractivity contribution >= 4 is 23.4 Å². The van der Waals surface area contributed by atoms with Crippen LogP contribution >= 0.6 is 11.6 Å². The van der Waals surface area contributed by atoms with Crippen molar-refractivity contribution in [1.82, 2.24) is 16.0 Å². The number of fused-ring (bicyclic) bond motifs is 1. The minimum absolute atomic E-state index is 0.00394. The Morgan fingerprint density at radius 3 is 2.84 bits per heavy atom. The largest absolute Gasteiger partial charge is 0.484 e. The maximum absolute atomic E-state index is 13.5. The third-order valence-corrected chi connectivity index (χ3v) is 7.04. The molecule has 3 aliphatic carbocycles. The predicted molar refractivity (Wildman–Crippen MR) is 113 cm³/mol. The van der Waals surface area contributed by atoms with E-state index in [0.717, 1.165) is 38.2 Å². The zero-order chi connectivity index (χ0) is 22.0. The van der Waals surface area contributed by atoms with Crippen LogP contribution in [0.2, 0.25) is 5.02 Å². The molecule has 9 heteroatoms. The van der Waals surface area contributed by atoms with Gasteiger partial charge in [0.15, 0.2) is 6.61 Å². The molecule has 0 aromatic heterocycles. The smallest absolute Gasteiger partial charge is 0.258 e. The Hall–Kier alpha value is -1.90. The molecule has 2 unspecified atom stereocenters. The van der Waals surface area contributed by atoms with Crippen LogP contribution in [0.4, 0.5) is 4.39 Å². The number of methoxy groups -OCH3 is 1. The van der Waals surface area contributed by atoms with E-state index in [2.05, 4.69) is 16.0 Å². The fraction of sp³-hybridized carbons (Fsp3) is 0.636. The van der Waals surface area contributed by atoms with E-state index in [-0.39, 0.29) is 52.9 Å². The van der Waals surface area contributed by atoms with Gasteiger partial charge in [0.25, 0.3) is 5.91 Å². The molecule has 1 saturated heterocycles. The van der Waals surface area contributed by atoms with E-state index in [1.807, 2.05) is 0 Å². The summed E-state index contributed by atoms with van der Waals surface area (Å²) in [6.07, 6.45) is 5.40. The summed E-state index contributed by atoms with van der Waals surface area (Å²) in [5, 5.41) is 9.51. The molecule has 3 N–H and O–H groups in total. The van der Waals surface area contributed by atoms with Gasteiger partial charge in [-0.3, -0.25) is 14.9 Å². The van der Waals surface area contributed by atoms with Gasteiger partial charge < -0.3 is 20.1 Å². The van der Waals surface area contributed by atoms with Crippen molar-refractivity contribution in [1.29, 1.82) is 0 Å². The van der Waals surface area contributed by atoms with Gasteiger partial charge in [-0.25, -0.2) is 4.39 Å². The van der Waals surface area contributed by atoms with E-state index in [0.29, 0.717) is 18.9 Å². The van der Waals surface area contributed by atoms with Gasteiger partial charge in [-0.1, -0.05) is 11.6 Å². The minimum Gasteiger partial charge on any atom is -0.484 e. The molecular formula is C22H29ClFN3O4. The van der Waals surface area contributed by atoms with Crippen molar-refractivity contribution in [3.8, 4) is 5.75 Å². The highest BCUT2D eigenvalue weighted by molar-refractivity contribution is 6.30. The fourth-order valence-electron chi connectivity index (χ4n) is 5.17. The van der Waals surface area contributed by atoms with Crippen LogP contribution in [0.5, 0.6) is 5.75 Å². The Labute approximate surface area is 186 Å². The number of carbonyl (C=O) groups excluding carboxylic acids is 2. The first-order valence-corrected chi connectivity index (χ1v) is 11.2. The van der Waals surface area contributed by atoms with Crippen LogP contribution in [0.3, 0.4) is 0 Å². The molecule has 0 radical (unpaired) electrons. The summed E-state index contributed by atoms with van der Waals surface area (Å²) < 4.78 is 24.2. The highest BCUT2D eigenvalue weighted by atomic mass is 35.5. The topological polar surface area (TPSA) is 88.7 Å². The molecule has 1 aromatic carbocycles. The third-order valence-electron chi connectivity index (χ3n) is 6.74. The molecule has 3 saturated carbocycles. The van der Waals surface area contributed by atoms with Gasteiger partial charge in [-0.15, -0.1) is 0 Å². The van der Waals surface area contributed by atoms with Gasteiger partial charge >= 0.3 is 0 Å². The maximum Gasteiger partial charge on any atom is 0.258 e. The highest BCUT2D eigenvalue weighted by Gasteiger charge is 2.58. The lowest BCUT2D eigenvalue weighted by atomic mass is 9.76. The first-order chi connectivity index (χ1) is 14.9. The lowest BCUT2D eigenvalue weighted by Gasteiger charge is -2.39. The summed E-state index contributed by atoms with van der Waals surface area (Å²) in [7, 11) is 1.69. The number of ether oxygens (including phenoxy) is 2. The van der Waals surface area contributed by atoms with Crippen molar-refractivity contribution in [2.75, 3.05) is 20.3 Å². The molecule has 1 aliphatic heterocycles. The Balaban J connectivity index is 1.21. The van der Waals surface area contributed by atoms with Crippen molar-refractivity contribution in [2.45, 2.75) is 56.3 Å².